The molecule has 3 rings (SSSR count). The van der Waals surface area contributed by atoms with Crippen LogP contribution >= 0.6 is 0 Å². The number of rotatable bonds is 6. The summed E-state index contributed by atoms with van der Waals surface area (Å²) >= 11 is 0. The molecule has 0 N–H and O–H groups in total. The Hall–Kier alpha value is -1.99. The normalized spacial score (nSPS) is 20.1. The molecule has 1 aromatic carbocycles. The van der Waals surface area contributed by atoms with Crippen LogP contribution in [0, 0.1) is 10.8 Å². The molecule has 29 heavy (non-hydrogen) atoms. The Labute approximate surface area is 167 Å². The highest BCUT2D eigenvalue weighted by molar-refractivity contribution is 5.94. The first-order chi connectivity index (χ1) is 13.8. The molecule has 1 fully saturated rings. The molecule has 1 aromatic rings. The maximum absolute atomic E-state index is 13.4. The lowest BCUT2D eigenvalue weighted by Gasteiger charge is -2.28. The third-order valence-corrected chi connectivity index (χ3v) is 6.29. The molecule has 160 valence electrons. The summed E-state index contributed by atoms with van der Waals surface area (Å²) in [6.45, 7) is -1.45. The molecule has 1 saturated carbocycles. The predicted octanol–water partition coefficient (Wildman–Crippen LogP) is 5.82. The summed E-state index contributed by atoms with van der Waals surface area (Å²) < 4.78 is 53.7. The third kappa shape index (κ3) is 4.31. The van der Waals surface area contributed by atoms with Gasteiger partial charge in [0.05, 0.1) is 0 Å². The van der Waals surface area contributed by atoms with Crippen LogP contribution in [0.2, 0.25) is 0 Å². The second kappa shape index (κ2) is 8.79. The molecule has 0 radical (unpaired) electrons. The van der Waals surface area contributed by atoms with Gasteiger partial charge in [-0.25, -0.2) is 4.39 Å². The van der Waals surface area contributed by atoms with Gasteiger partial charge in [-0.1, -0.05) is 37.8 Å². The molecule has 0 bridgehead atoms. The number of nitrogens with zero attached hydrogens (tertiary/aromatic N) is 2. The van der Waals surface area contributed by atoms with Crippen LogP contribution in [0.3, 0.4) is 0 Å². The number of anilines is 1. The van der Waals surface area contributed by atoms with E-state index in [1.54, 1.807) is 4.90 Å². The number of benzene rings is 1. The van der Waals surface area contributed by atoms with Gasteiger partial charge in [-0.05, 0) is 54.0 Å². The molecule has 1 aliphatic carbocycles. The van der Waals surface area contributed by atoms with Crippen molar-refractivity contribution in [3.05, 3.63) is 34.2 Å². The third-order valence-electron chi connectivity index (χ3n) is 6.29. The van der Waals surface area contributed by atoms with Gasteiger partial charge in [0.25, 0.3) is 0 Å². The number of hydrogen-bond acceptors (Lipinski definition) is 3. The van der Waals surface area contributed by atoms with Gasteiger partial charge in [-0.15, -0.1) is 4.91 Å². The first kappa shape index (κ1) is 21.7. The van der Waals surface area contributed by atoms with Crippen LogP contribution in [0.4, 0.5) is 23.2 Å². The van der Waals surface area contributed by atoms with Crippen LogP contribution in [0.5, 0.6) is 0 Å². The Bertz CT molecular complexity index is 747. The largest absolute Gasteiger partial charge is 0.423 e. The van der Waals surface area contributed by atoms with Crippen molar-refractivity contribution in [2.45, 2.75) is 69.5 Å². The zero-order valence-electron chi connectivity index (χ0n) is 16.3. The van der Waals surface area contributed by atoms with E-state index in [0.29, 0.717) is 43.0 Å². The van der Waals surface area contributed by atoms with Gasteiger partial charge in [-0.3, -0.25) is 4.79 Å². The van der Waals surface area contributed by atoms with Gasteiger partial charge in [-0.2, -0.15) is 13.2 Å². The first-order valence-electron chi connectivity index (χ1n) is 10.2. The summed E-state index contributed by atoms with van der Waals surface area (Å²) in [6, 6.07) is 3.69. The Morgan fingerprint density at radius 1 is 1.14 bits per heavy atom. The molecule has 0 aromatic heterocycles. The molecule has 1 atom stereocenters. The van der Waals surface area contributed by atoms with Crippen molar-refractivity contribution >= 4 is 11.6 Å². The fourth-order valence-electron chi connectivity index (χ4n) is 4.48. The monoisotopic (exact) mass is 414 g/mol. The fourth-order valence-corrected chi connectivity index (χ4v) is 4.48. The van der Waals surface area contributed by atoms with Crippen molar-refractivity contribution in [3.8, 4) is 0 Å². The summed E-state index contributed by atoms with van der Waals surface area (Å²) in [4.78, 5) is 25.5. The van der Waals surface area contributed by atoms with E-state index in [-0.39, 0.29) is 5.91 Å². The van der Waals surface area contributed by atoms with Gasteiger partial charge in [0.1, 0.15) is 6.67 Å². The van der Waals surface area contributed by atoms with Crippen molar-refractivity contribution in [3.63, 3.8) is 0 Å². The van der Waals surface area contributed by atoms with E-state index in [1.807, 2.05) is 0 Å². The summed E-state index contributed by atoms with van der Waals surface area (Å²) in [5.41, 5.74) is -2.84. The maximum atomic E-state index is 13.4. The van der Waals surface area contributed by atoms with E-state index >= 15 is 0 Å². The lowest BCUT2D eigenvalue weighted by Crippen LogP contribution is -2.42. The lowest BCUT2D eigenvalue weighted by atomic mass is 9.89. The number of carbonyl (C=O) groups excluding carboxylic acids is 1. The molecule has 1 heterocycles. The van der Waals surface area contributed by atoms with E-state index in [9.17, 15) is 27.3 Å². The molecule has 1 unspecified atom stereocenters. The Morgan fingerprint density at radius 2 is 1.86 bits per heavy atom. The highest BCUT2D eigenvalue weighted by Crippen LogP contribution is 2.44. The van der Waals surface area contributed by atoms with E-state index < -0.39 is 24.0 Å². The van der Waals surface area contributed by atoms with Crippen molar-refractivity contribution in [1.29, 1.82) is 0 Å². The van der Waals surface area contributed by atoms with Crippen LogP contribution in [0.15, 0.2) is 23.4 Å². The quantitative estimate of drug-likeness (QED) is 0.435. The van der Waals surface area contributed by atoms with Gasteiger partial charge >= 0.3 is 6.18 Å². The Kier molecular flexibility index (Phi) is 6.58. The second-order valence-electron chi connectivity index (χ2n) is 8.12. The van der Waals surface area contributed by atoms with Crippen LogP contribution < -0.4 is 4.90 Å². The summed E-state index contributed by atoms with van der Waals surface area (Å²) in [6.07, 6.45) is 2.71. The van der Waals surface area contributed by atoms with Crippen molar-refractivity contribution in [1.82, 2.24) is 0 Å². The fraction of sp³-hybridized carbons (Fsp3) is 0.667. The first-order valence-corrected chi connectivity index (χ1v) is 10.2. The van der Waals surface area contributed by atoms with E-state index in [2.05, 4.69) is 5.18 Å². The SMILES string of the molecule is O=NC(CF)(c1ccc2c(c1)CCCCN2C(=O)CCC1CCCC1)C(F)(F)F. The highest BCUT2D eigenvalue weighted by atomic mass is 19.4. The van der Waals surface area contributed by atoms with Crippen LogP contribution in [-0.4, -0.2) is 25.3 Å². The number of fused-ring (bicyclic) bond motifs is 1. The maximum Gasteiger partial charge on any atom is 0.423 e. The molecular formula is C21H26F4N2O2. The Morgan fingerprint density at radius 3 is 2.48 bits per heavy atom. The number of carbonyl (C=O) groups is 1. The number of hydrogen-bond donors (Lipinski definition) is 0. The van der Waals surface area contributed by atoms with E-state index in [1.165, 1.54) is 25.0 Å². The van der Waals surface area contributed by atoms with Crippen LogP contribution in [-0.2, 0) is 16.8 Å². The number of nitroso groups, excluding NO2 is 1. The summed E-state index contributed by atoms with van der Waals surface area (Å²) in [5, 5.41) is 2.15. The minimum atomic E-state index is -5.14. The van der Waals surface area contributed by atoms with E-state index in [0.717, 1.165) is 31.7 Å². The van der Waals surface area contributed by atoms with Crippen molar-refractivity contribution < 1.29 is 22.4 Å². The number of amides is 1. The molecule has 4 nitrogen and oxygen atoms in total. The zero-order valence-corrected chi connectivity index (χ0v) is 16.3. The average Bonchev–Trinajstić information content (AvgIpc) is 3.12. The van der Waals surface area contributed by atoms with Gasteiger partial charge in [0.2, 0.25) is 11.4 Å². The number of aryl methyl sites for hydroxylation is 1. The summed E-state index contributed by atoms with van der Waals surface area (Å²) in [5.74, 6) is 0.539. The molecule has 1 aliphatic heterocycles. The molecule has 1 amide bonds. The minimum Gasteiger partial charge on any atom is -0.312 e. The molecule has 8 heteroatoms. The Balaban J connectivity index is 1.87. The minimum absolute atomic E-state index is 0.0334. The smallest absolute Gasteiger partial charge is 0.312 e. The molecule has 0 saturated heterocycles. The molecule has 2 aliphatic rings. The molecular weight excluding hydrogens is 388 g/mol. The predicted molar refractivity (Wildman–Crippen MR) is 102 cm³/mol. The van der Waals surface area contributed by atoms with Gasteiger partial charge < -0.3 is 4.90 Å². The van der Waals surface area contributed by atoms with Crippen LogP contribution in [0.1, 0.15) is 62.5 Å². The number of alkyl halides is 4. The van der Waals surface area contributed by atoms with Crippen molar-refractivity contribution in [2.24, 2.45) is 11.1 Å². The summed E-state index contributed by atoms with van der Waals surface area (Å²) in [7, 11) is 0. The van der Waals surface area contributed by atoms with Gasteiger partial charge in [0, 0.05) is 18.7 Å². The lowest BCUT2D eigenvalue weighted by molar-refractivity contribution is -0.193. The van der Waals surface area contributed by atoms with Gasteiger partial charge in [0.15, 0.2) is 0 Å². The number of halogens is 4. The second-order valence-corrected chi connectivity index (χ2v) is 8.12. The van der Waals surface area contributed by atoms with E-state index in [4.69, 9.17) is 0 Å². The highest BCUT2D eigenvalue weighted by Gasteiger charge is 2.59. The van der Waals surface area contributed by atoms with Crippen LogP contribution in [0.25, 0.3) is 0 Å². The zero-order chi connectivity index (χ0) is 21.1. The average molecular weight is 414 g/mol. The van der Waals surface area contributed by atoms with Crippen molar-refractivity contribution in [2.75, 3.05) is 18.1 Å². The standard InChI is InChI=1S/C21H26F4N2O2/c22-14-20(26-29,21(23,24)25)17-9-10-18-16(13-17)7-3-4-12-27(18)19(28)11-8-15-5-1-2-6-15/h9-10,13,15H,1-8,11-12,14H2. The molecule has 0 spiro atoms. The topological polar surface area (TPSA) is 49.7 Å².